The van der Waals surface area contributed by atoms with Gasteiger partial charge in [-0.25, -0.2) is 9.97 Å². The summed E-state index contributed by atoms with van der Waals surface area (Å²) in [7, 11) is 0. The van der Waals surface area contributed by atoms with E-state index in [1.807, 2.05) is 12.1 Å². The van der Waals surface area contributed by atoms with Gasteiger partial charge in [0.05, 0.1) is 11.6 Å². The van der Waals surface area contributed by atoms with Crippen LogP contribution < -0.4 is 10.6 Å². The second kappa shape index (κ2) is 6.20. The van der Waals surface area contributed by atoms with Gasteiger partial charge in [-0.3, -0.25) is 0 Å². The first-order valence-corrected chi connectivity index (χ1v) is 8.23. The highest BCUT2D eigenvalue weighted by atomic mass is 35.5. The SMILES string of the molecule is CCc1c(Cl)cccc1C(C)N1CC=C(C)c2c(N)ncnc21. The van der Waals surface area contributed by atoms with Crippen molar-refractivity contribution in [3.63, 3.8) is 0 Å². The van der Waals surface area contributed by atoms with Crippen molar-refractivity contribution in [2.75, 3.05) is 17.2 Å². The van der Waals surface area contributed by atoms with E-state index in [1.54, 1.807) is 0 Å². The highest BCUT2D eigenvalue weighted by Gasteiger charge is 2.26. The summed E-state index contributed by atoms with van der Waals surface area (Å²) in [4.78, 5) is 10.9. The zero-order valence-corrected chi connectivity index (χ0v) is 14.4. The highest BCUT2D eigenvalue weighted by Crippen LogP contribution is 2.38. The number of nitrogen functional groups attached to an aromatic ring is 1. The number of hydrogen-bond acceptors (Lipinski definition) is 4. The zero-order chi connectivity index (χ0) is 16.6. The molecule has 5 heteroatoms. The zero-order valence-electron chi connectivity index (χ0n) is 13.7. The Kier molecular flexibility index (Phi) is 4.26. The normalized spacial score (nSPS) is 15.1. The quantitative estimate of drug-likeness (QED) is 0.914. The summed E-state index contributed by atoms with van der Waals surface area (Å²) in [5, 5.41) is 0.822. The maximum Gasteiger partial charge on any atom is 0.142 e. The van der Waals surface area contributed by atoms with Crippen LogP contribution in [0.3, 0.4) is 0 Å². The maximum atomic E-state index is 6.39. The van der Waals surface area contributed by atoms with Gasteiger partial charge >= 0.3 is 0 Å². The fourth-order valence-electron chi connectivity index (χ4n) is 3.26. The van der Waals surface area contributed by atoms with Gasteiger partial charge in [-0.05, 0) is 43.0 Å². The van der Waals surface area contributed by atoms with Gasteiger partial charge in [0, 0.05) is 11.6 Å². The van der Waals surface area contributed by atoms with E-state index >= 15 is 0 Å². The van der Waals surface area contributed by atoms with Crippen molar-refractivity contribution in [2.45, 2.75) is 33.2 Å². The van der Waals surface area contributed by atoms with Crippen molar-refractivity contribution in [3.05, 3.63) is 52.3 Å². The lowest BCUT2D eigenvalue weighted by Crippen LogP contribution is -2.32. The van der Waals surface area contributed by atoms with Gasteiger partial charge in [0.25, 0.3) is 0 Å². The number of rotatable bonds is 3. The molecule has 0 radical (unpaired) electrons. The minimum atomic E-state index is 0.154. The van der Waals surface area contributed by atoms with Gasteiger partial charge in [0.15, 0.2) is 0 Å². The van der Waals surface area contributed by atoms with Crippen LogP contribution >= 0.6 is 11.6 Å². The smallest absolute Gasteiger partial charge is 0.142 e. The Bertz CT molecular complexity index is 770. The molecule has 1 atom stereocenters. The lowest BCUT2D eigenvalue weighted by atomic mass is 9.96. The first-order chi connectivity index (χ1) is 11.0. The van der Waals surface area contributed by atoms with Crippen molar-refractivity contribution in [3.8, 4) is 0 Å². The molecule has 0 bridgehead atoms. The number of benzene rings is 1. The number of aromatic nitrogens is 2. The fraction of sp³-hybridized carbons (Fsp3) is 0.333. The van der Waals surface area contributed by atoms with E-state index < -0.39 is 0 Å². The molecule has 0 spiro atoms. The number of halogens is 1. The van der Waals surface area contributed by atoms with Gasteiger partial charge in [-0.2, -0.15) is 0 Å². The summed E-state index contributed by atoms with van der Waals surface area (Å²) in [5.74, 6) is 1.43. The van der Waals surface area contributed by atoms with Crippen LogP contribution in [0.1, 0.15) is 43.5 Å². The van der Waals surface area contributed by atoms with Crippen molar-refractivity contribution in [1.82, 2.24) is 9.97 Å². The Balaban J connectivity index is 2.08. The monoisotopic (exact) mass is 328 g/mol. The molecule has 0 saturated carbocycles. The van der Waals surface area contributed by atoms with E-state index in [4.69, 9.17) is 17.3 Å². The number of allylic oxidation sites excluding steroid dienone is 1. The van der Waals surface area contributed by atoms with Gasteiger partial charge in [-0.15, -0.1) is 0 Å². The average Bonchev–Trinajstić information content (AvgIpc) is 2.54. The molecule has 0 fully saturated rings. The molecular weight excluding hydrogens is 308 g/mol. The topological polar surface area (TPSA) is 55.0 Å². The molecule has 2 heterocycles. The third kappa shape index (κ3) is 2.68. The van der Waals surface area contributed by atoms with Gasteiger partial charge in [-0.1, -0.05) is 36.7 Å². The van der Waals surface area contributed by atoms with Crippen LogP contribution in [0.4, 0.5) is 11.6 Å². The van der Waals surface area contributed by atoms with Crippen molar-refractivity contribution >= 4 is 28.8 Å². The number of anilines is 2. The van der Waals surface area contributed by atoms with Crippen LogP contribution in [0.2, 0.25) is 5.02 Å². The molecule has 1 aliphatic rings. The maximum absolute atomic E-state index is 6.39. The van der Waals surface area contributed by atoms with E-state index in [2.05, 4.69) is 47.8 Å². The lowest BCUT2D eigenvalue weighted by molar-refractivity contribution is 0.684. The Labute approximate surface area is 142 Å². The van der Waals surface area contributed by atoms with Gasteiger partial charge in [0.2, 0.25) is 0 Å². The molecule has 2 N–H and O–H groups in total. The van der Waals surface area contributed by atoms with Crippen molar-refractivity contribution in [2.24, 2.45) is 0 Å². The Morgan fingerprint density at radius 1 is 1.35 bits per heavy atom. The number of hydrogen-bond donors (Lipinski definition) is 1. The molecule has 1 aromatic heterocycles. The minimum absolute atomic E-state index is 0.154. The first kappa shape index (κ1) is 15.8. The summed E-state index contributed by atoms with van der Waals surface area (Å²) in [6, 6.07) is 6.25. The first-order valence-electron chi connectivity index (χ1n) is 7.86. The van der Waals surface area contributed by atoms with E-state index in [0.717, 1.165) is 34.9 Å². The Morgan fingerprint density at radius 3 is 2.87 bits per heavy atom. The molecule has 0 saturated heterocycles. The van der Waals surface area contributed by atoms with Crippen molar-refractivity contribution in [1.29, 1.82) is 0 Å². The molecule has 120 valence electrons. The van der Waals surface area contributed by atoms with Crippen LogP contribution in [-0.4, -0.2) is 16.5 Å². The molecule has 1 aromatic carbocycles. The van der Waals surface area contributed by atoms with Gasteiger partial charge in [0.1, 0.15) is 18.0 Å². The molecule has 3 rings (SSSR count). The van der Waals surface area contributed by atoms with Crippen LogP contribution in [0.25, 0.3) is 5.57 Å². The second-order valence-corrected chi connectivity index (χ2v) is 6.24. The summed E-state index contributed by atoms with van der Waals surface area (Å²) in [5.41, 5.74) is 10.6. The van der Waals surface area contributed by atoms with Gasteiger partial charge < -0.3 is 10.6 Å². The summed E-state index contributed by atoms with van der Waals surface area (Å²) in [6.45, 7) is 7.16. The molecule has 0 aliphatic carbocycles. The summed E-state index contributed by atoms with van der Waals surface area (Å²) < 4.78 is 0. The Morgan fingerprint density at radius 2 is 2.13 bits per heavy atom. The van der Waals surface area contributed by atoms with Crippen LogP contribution in [0.15, 0.2) is 30.6 Å². The lowest BCUT2D eigenvalue weighted by Gasteiger charge is -2.35. The Hall–Kier alpha value is -2.07. The molecule has 1 aliphatic heterocycles. The van der Waals surface area contributed by atoms with Crippen LogP contribution in [0, 0.1) is 0 Å². The molecule has 2 aromatic rings. The summed E-state index contributed by atoms with van der Waals surface area (Å²) in [6.07, 6.45) is 4.61. The molecule has 0 amide bonds. The number of fused-ring (bicyclic) bond motifs is 1. The predicted octanol–water partition coefficient (Wildman–Crippen LogP) is 4.26. The molecule has 1 unspecified atom stereocenters. The van der Waals surface area contributed by atoms with Crippen molar-refractivity contribution < 1.29 is 0 Å². The van der Waals surface area contributed by atoms with E-state index in [-0.39, 0.29) is 6.04 Å². The minimum Gasteiger partial charge on any atom is -0.383 e. The number of nitrogens with two attached hydrogens (primary N) is 1. The third-order valence-corrected chi connectivity index (χ3v) is 4.90. The molecule has 23 heavy (non-hydrogen) atoms. The predicted molar refractivity (Wildman–Crippen MR) is 96.7 cm³/mol. The molecule has 4 nitrogen and oxygen atoms in total. The number of nitrogens with zero attached hydrogens (tertiary/aromatic N) is 3. The van der Waals surface area contributed by atoms with Crippen LogP contribution in [-0.2, 0) is 6.42 Å². The molecular formula is C18H21ClN4. The van der Waals surface area contributed by atoms with E-state index in [0.29, 0.717) is 5.82 Å². The summed E-state index contributed by atoms with van der Waals surface area (Å²) >= 11 is 6.39. The standard InChI is InChI=1S/C18H21ClN4/c1-4-13-14(6-5-7-15(13)19)12(3)23-9-8-11(2)16-17(20)21-10-22-18(16)23/h5-8,10,12H,4,9H2,1-3H3,(H2,20,21,22). The second-order valence-electron chi connectivity index (χ2n) is 5.83. The largest absolute Gasteiger partial charge is 0.383 e. The van der Waals surface area contributed by atoms with Crippen LogP contribution in [0.5, 0.6) is 0 Å². The van der Waals surface area contributed by atoms with E-state index in [9.17, 15) is 0 Å². The highest BCUT2D eigenvalue weighted by molar-refractivity contribution is 6.31. The average molecular weight is 329 g/mol. The van der Waals surface area contributed by atoms with E-state index in [1.165, 1.54) is 17.5 Å². The fourth-order valence-corrected chi connectivity index (χ4v) is 3.57. The third-order valence-electron chi connectivity index (χ3n) is 4.54.